The molecule has 0 atom stereocenters. The van der Waals surface area contributed by atoms with E-state index in [0.29, 0.717) is 11.5 Å². The van der Waals surface area contributed by atoms with E-state index in [9.17, 15) is 4.79 Å². The van der Waals surface area contributed by atoms with Crippen LogP contribution in [0.15, 0.2) is 6.20 Å². The summed E-state index contributed by atoms with van der Waals surface area (Å²) < 4.78 is 0. The van der Waals surface area contributed by atoms with E-state index in [1.165, 1.54) is 0 Å². The lowest BCUT2D eigenvalue weighted by atomic mass is 9.96. The van der Waals surface area contributed by atoms with Gasteiger partial charge in [0.1, 0.15) is 17.1 Å². The van der Waals surface area contributed by atoms with Gasteiger partial charge in [-0.2, -0.15) is 0 Å². The van der Waals surface area contributed by atoms with Gasteiger partial charge in [-0.25, -0.2) is 9.97 Å². The van der Waals surface area contributed by atoms with E-state index in [4.69, 9.17) is 0 Å². The Bertz CT molecular complexity index is 468. The number of hydrogen-bond acceptors (Lipinski definition) is 4. The molecule has 1 N–H and O–H groups in total. The number of hydrogen-bond donors (Lipinski definition) is 1. The molecule has 1 aromatic heterocycles. The highest BCUT2D eigenvalue weighted by Crippen LogP contribution is 2.36. The number of rotatable bonds is 1. The standard InChI is InChI=1S/C12H18N4O/c1-7(2)16-10-9(6-13-8(3)14-10)15-11(17)12(16,4)5/h6-7H,1-5H3,(H,15,17). The first-order valence-corrected chi connectivity index (χ1v) is 5.78. The summed E-state index contributed by atoms with van der Waals surface area (Å²) in [7, 11) is 0. The van der Waals surface area contributed by atoms with Crippen LogP contribution < -0.4 is 10.2 Å². The zero-order chi connectivity index (χ0) is 12.8. The summed E-state index contributed by atoms with van der Waals surface area (Å²) in [5.74, 6) is 1.49. The zero-order valence-corrected chi connectivity index (χ0v) is 10.9. The first-order valence-electron chi connectivity index (χ1n) is 5.78. The van der Waals surface area contributed by atoms with Crippen LogP contribution in [0.2, 0.25) is 0 Å². The molecule has 5 nitrogen and oxygen atoms in total. The van der Waals surface area contributed by atoms with Crippen molar-refractivity contribution in [1.82, 2.24) is 9.97 Å². The number of anilines is 2. The van der Waals surface area contributed by atoms with Gasteiger partial charge in [-0.3, -0.25) is 4.79 Å². The highest BCUT2D eigenvalue weighted by Gasteiger charge is 2.42. The third-order valence-electron chi connectivity index (χ3n) is 3.04. The molecule has 0 aromatic carbocycles. The van der Waals surface area contributed by atoms with Gasteiger partial charge >= 0.3 is 0 Å². The van der Waals surface area contributed by atoms with Crippen LogP contribution in [0.5, 0.6) is 0 Å². The highest BCUT2D eigenvalue weighted by molar-refractivity contribution is 6.05. The number of amides is 1. The summed E-state index contributed by atoms with van der Waals surface area (Å²) in [4.78, 5) is 22.7. The molecule has 92 valence electrons. The predicted molar refractivity (Wildman–Crippen MR) is 67.1 cm³/mol. The summed E-state index contributed by atoms with van der Waals surface area (Å²) in [5.41, 5.74) is 0.0933. The molecule has 1 aliphatic heterocycles. The Morgan fingerprint density at radius 1 is 1.41 bits per heavy atom. The fourth-order valence-corrected chi connectivity index (χ4v) is 2.27. The number of carbonyl (C=O) groups excluding carboxylic acids is 1. The lowest BCUT2D eigenvalue weighted by molar-refractivity contribution is -0.120. The molecule has 17 heavy (non-hydrogen) atoms. The molecule has 2 rings (SSSR count). The molecule has 0 spiro atoms. The lowest BCUT2D eigenvalue weighted by Crippen LogP contribution is -2.59. The molecule has 0 saturated heterocycles. The highest BCUT2D eigenvalue weighted by atomic mass is 16.2. The summed E-state index contributed by atoms with van der Waals surface area (Å²) >= 11 is 0. The lowest BCUT2D eigenvalue weighted by Gasteiger charge is -2.45. The molecule has 0 aliphatic carbocycles. The van der Waals surface area contributed by atoms with Crippen molar-refractivity contribution < 1.29 is 4.79 Å². The van der Waals surface area contributed by atoms with E-state index >= 15 is 0 Å². The van der Waals surface area contributed by atoms with Gasteiger partial charge in [0.25, 0.3) is 0 Å². The van der Waals surface area contributed by atoms with E-state index in [0.717, 1.165) is 5.82 Å². The van der Waals surface area contributed by atoms with Crippen molar-refractivity contribution in [1.29, 1.82) is 0 Å². The van der Waals surface area contributed by atoms with E-state index in [1.807, 2.05) is 25.7 Å². The summed E-state index contributed by atoms with van der Waals surface area (Å²) in [6.07, 6.45) is 1.67. The molecular formula is C12H18N4O. The van der Waals surface area contributed by atoms with Crippen LogP contribution >= 0.6 is 0 Å². The topological polar surface area (TPSA) is 58.1 Å². The second-order valence-electron chi connectivity index (χ2n) is 5.13. The average Bonchev–Trinajstić information content (AvgIpc) is 2.19. The van der Waals surface area contributed by atoms with Crippen LogP contribution in [-0.4, -0.2) is 27.5 Å². The Labute approximate surface area is 101 Å². The molecule has 0 radical (unpaired) electrons. The Balaban J connectivity index is 2.61. The fraction of sp³-hybridized carbons (Fsp3) is 0.583. The normalized spacial score (nSPS) is 18.0. The van der Waals surface area contributed by atoms with Crippen LogP contribution in [0.3, 0.4) is 0 Å². The van der Waals surface area contributed by atoms with Gasteiger partial charge in [0, 0.05) is 6.04 Å². The van der Waals surface area contributed by atoms with Gasteiger partial charge in [-0.15, -0.1) is 0 Å². The number of aromatic nitrogens is 2. The minimum absolute atomic E-state index is 0.0221. The number of fused-ring (bicyclic) bond motifs is 1. The maximum absolute atomic E-state index is 12.1. The van der Waals surface area contributed by atoms with Crippen LogP contribution in [0.4, 0.5) is 11.5 Å². The average molecular weight is 234 g/mol. The molecule has 5 heteroatoms. The fourth-order valence-electron chi connectivity index (χ4n) is 2.27. The van der Waals surface area contributed by atoms with Crippen LogP contribution in [0, 0.1) is 6.92 Å². The maximum Gasteiger partial charge on any atom is 0.249 e. The van der Waals surface area contributed by atoms with Crippen LogP contribution in [-0.2, 0) is 4.79 Å². The minimum Gasteiger partial charge on any atom is -0.338 e. The number of nitrogens with zero attached hydrogens (tertiary/aromatic N) is 3. The maximum atomic E-state index is 12.1. The minimum atomic E-state index is -0.595. The summed E-state index contributed by atoms with van der Waals surface area (Å²) in [5, 5.41) is 2.86. The van der Waals surface area contributed by atoms with E-state index < -0.39 is 5.54 Å². The molecular weight excluding hydrogens is 216 g/mol. The van der Waals surface area contributed by atoms with Gasteiger partial charge in [0.2, 0.25) is 5.91 Å². The third kappa shape index (κ3) is 1.75. The van der Waals surface area contributed by atoms with Crippen molar-refractivity contribution in [3.05, 3.63) is 12.0 Å². The van der Waals surface area contributed by atoms with Crippen molar-refractivity contribution >= 4 is 17.4 Å². The van der Waals surface area contributed by atoms with Gasteiger partial charge in [-0.1, -0.05) is 0 Å². The molecule has 2 heterocycles. The summed E-state index contributed by atoms with van der Waals surface area (Å²) in [6, 6.07) is 0.198. The Hall–Kier alpha value is -1.65. The van der Waals surface area contributed by atoms with Crippen molar-refractivity contribution in [2.75, 3.05) is 10.2 Å². The monoisotopic (exact) mass is 234 g/mol. The molecule has 1 amide bonds. The number of carbonyl (C=O) groups is 1. The summed E-state index contributed by atoms with van der Waals surface area (Å²) in [6.45, 7) is 9.77. The second kappa shape index (κ2) is 3.68. The quantitative estimate of drug-likeness (QED) is 0.804. The zero-order valence-electron chi connectivity index (χ0n) is 10.9. The Morgan fingerprint density at radius 3 is 2.65 bits per heavy atom. The van der Waals surface area contributed by atoms with E-state index in [2.05, 4.69) is 29.1 Å². The molecule has 0 bridgehead atoms. The van der Waals surface area contributed by atoms with Gasteiger partial charge < -0.3 is 10.2 Å². The van der Waals surface area contributed by atoms with Crippen molar-refractivity contribution in [2.45, 2.75) is 46.2 Å². The molecule has 0 fully saturated rings. The Kier molecular flexibility index (Phi) is 2.56. The van der Waals surface area contributed by atoms with Crippen LogP contribution in [0.1, 0.15) is 33.5 Å². The number of nitrogens with one attached hydrogen (secondary N) is 1. The number of aryl methyl sites for hydroxylation is 1. The third-order valence-corrected chi connectivity index (χ3v) is 3.04. The van der Waals surface area contributed by atoms with Gasteiger partial charge in [-0.05, 0) is 34.6 Å². The first kappa shape index (κ1) is 11.8. The molecule has 0 saturated carbocycles. The SMILES string of the molecule is Cc1ncc2c(n1)N(C(C)C)C(C)(C)C(=O)N2. The molecule has 1 aliphatic rings. The first-order chi connectivity index (χ1) is 7.84. The smallest absolute Gasteiger partial charge is 0.249 e. The van der Waals surface area contributed by atoms with Gasteiger partial charge in [0.15, 0.2) is 5.82 Å². The predicted octanol–water partition coefficient (Wildman–Crippen LogP) is 1.73. The van der Waals surface area contributed by atoms with Crippen molar-refractivity contribution in [3.8, 4) is 0 Å². The van der Waals surface area contributed by atoms with Crippen molar-refractivity contribution in [3.63, 3.8) is 0 Å². The Morgan fingerprint density at radius 2 is 2.06 bits per heavy atom. The van der Waals surface area contributed by atoms with Crippen LogP contribution in [0.25, 0.3) is 0 Å². The van der Waals surface area contributed by atoms with Gasteiger partial charge in [0.05, 0.1) is 6.20 Å². The van der Waals surface area contributed by atoms with E-state index in [1.54, 1.807) is 6.20 Å². The largest absolute Gasteiger partial charge is 0.338 e. The second-order valence-corrected chi connectivity index (χ2v) is 5.13. The molecule has 1 aromatic rings. The molecule has 0 unspecified atom stereocenters. The van der Waals surface area contributed by atoms with Crippen molar-refractivity contribution in [2.24, 2.45) is 0 Å². The van der Waals surface area contributed by atoms with E-state index in [-0.39, 0.29) is 11.9 Å².